The topological polar surface area (TPSA) is 35.5 Å². The average Bonchev–Trinajstić information content (AvgIpc) is 3.11. The first-order valence-electron chi connectivity index (χ1n) is 6.92. The molecule has 0 spiro atoms. The van der Waals surface area contributed by atoms with E-state index in [-0.39, 0.29) is 6.10 Å². The van der Waals surface area contributed by atoms with Crippen molar-refractivity contribution >= 4 is 0 Å². The van der Waals surface area contributed by atoms with Crippen LogP contribution in [0.4, 0.5) is 0 Å². The van der Waals surface area contributed by atoms with E-state index < -0.39 is 0 Å². The monoisotopic (exact) mass is 226 g/mol. The van der Waals surface area contributed by atoms with Crippen molar-refractivity contribution in [2.45, 2.75) is 51.2 Å². The second-order valence-electron chi connectivity index (χ2n) is 5.49. The zero-order valence-electron chi connectivity index (χ0n) is 10.5. The first-order valence-corrected chi connectivity index (χ1v) is 6.92. The number of hydrogen-bond donors (Lipinski definition) is 2. The summed E-state index contributed by atoms with van der Waals surface area (Å²) in [5, 5.41) is 13.2. The molecule has 3 heteroatoms. The lowest BCUT2D eigenvalue weighted by Crippen LogP contribution is -2.40. The summed E-state index contributed by atoms with van der Waals surface area (Å²) in [6.45, 7) is 6.03. The fourth-order valence-corrected chi connectivity index (χ4v) is 2.23. The summed E-state index contributed by atoms with van der Waals surface area (Å²) in [6.07, 6.45) is 6.47. The third kappa shape index (κ3) is 4.40. The van der Waals surface area contributed by atoms with E-state index in [0.29, 0.717) is 0 Å². The summed E-state index contributed by atoms with van der Waals surface area (Å²) in [5.74, 6) is 0.941. The highest BCUT2D eigenvalue weighted by molar-refractivity contribution is 4.89. The van der Waals surface area contributed by atoms with Crippen LogP contribution in [-0.2, 0) is 0 Å². The summed E-state index contributed by atoms with van der Waals surface area (Å²) >= 11 is 0. The molecule has 2 aliphatic carbocycles. The Balaban J connectivity index is 1.63. The van der Waals surface area contributed by atoms with Crippen molar-refractivity contribution in [2.24, 2.45) is 5.92 Å². The molecule has 0 saturated heterocycles. The van der Waals surface area contributed by atoms with Crippen LogP contribution in [0.5, 0.6) is 0 Å². The molecule has 94 valence electrons. The van der Waals surface area contributed by atoms with Gasteiger partial charge in [0.25, 0.3) is 0 Å². The Bertz CT molecular complexity index is 202. The molecular formula is C13H26N2O. The van der Waals surface area contributed by atoms with Gasteiger partial charge in [-0.15, -0.1) is 0 Å². The average molecular weight is 226 g/mol. The molecule has 2 N–H and O–H groups in total. The molecule has 2 fully saturated rings. The molecule has 1 atom stereocenters. The van der Waals surface area contributed by atoms with E-state index >= 15 is 0 Å². The van der Waals surface area contributed by atoms with Crippen LogP contribution in [-0.4, -0.2) is 48.3 Å². The predicted molar refractivity (Wildman–Crippen MR) is 66.5 cm³/mol. The number of hydrogen-bond acceptors (Lipinski definition) is 3. The second kappa shape index (κ2) is 5.99. The van der Waals surface area contributed by atoms with Gasteiger partial charge in [-0.05, 0) is 44.6 Å². The molecule has 0 bridgehead atoms. The molecule has 16 heavy (non-hydrogen) atoms. The van der Waals surface area contributed by atoms with Crippen molar-refractivity contribution in [1.82, 2.24) is 10.2 Å². The van der Waals surface area contributed by atoms with Gasteiger partial charge in [-0.1, -0.05) is 6.92 Å². The van der Waals surface area contributed by atoms with Crippen molar-refractivity contribution in [3.05, 3.63) is 0 Å². The predicted octanol–water partition coefficient (Wildman–Crippen LogP) is 1.22. The van der Waals surface area contributed by atoms with Gasteiger partial charge < -0.3 is 10.4 Å². The minimum absolute atomic E-state index is 0.189. The SMILES string of the molecule is CCCNCC(O)CN(CC1CC1)C1CC1. The van der Waals surface area contributed by atoms with Crippen LogP contribution in [0.2, 0.25) is 0 Å². The van der Waals surface area contributed by atoms with Gasteiger partial charge in [-0.3, -0.25) is 4.90 Å². The zero-order valence-corrected chi connectivity index (χ0v) is 10.5. The number of nitrogens with zero attached hydrogens (tertiary/aromatic N) is 1. The van der Waals surface area contributed by atoms with Crippen molar-refractivity contribution in [2.75, 3.05) is 26.2 Å². The Labute approximate surface area is 99.2 Å². The Morgan fingerprint density at radius 2 is 2.06 bits per heavy atom. The Kier molecular flexibility index (Phi) is 4.62. The van der Waals surface area contributed by atoms with Gasteiger partial charge >= 0.3 is 0 Å². The van der Waals surface area contributed by atoms with E-state index in [1.807, 2.05) is 0 Å². The minimum Gasteiger partial charge on any atom is -0.390 e. The molecule has 1 unspecified atom stereocenters. The van der Waals surface area contributed by atoms with Crippen LogP contribution in [0.25, 0.3) is 0 Å². The lowest BCUT2D eigenvalue weighted by molar-refractivity contribution is 0.104. The Hall–Kier alpha value is -0.120. The molecule has 0 heterocycles. The smallest absolute Gasteiger partial charge is 0.0791 e. The van der Waals surface area contributed by atoms with Crippen LogP contribution < -0.4 is 5.32 Å². The Morgan fingerprint density at radius 3 is 2.62 bits per heavy atom. The van der Waals surface area contributed by atoms with Crippen molar-refractivity contribution in [3.63, 3.8) is 0 Å². The van der Waals surface area contributed by atoms with Gasteiger partial charge in [0, 0.05) is 25.7 Å². The molecule has 0 aromatic rings. The fourth-order valence-electron chi connectivity index (χ4n) is 2.23. The molecule has 2 rings (SSSR count). The third-order valence-electron chi connectivity index (χ3n) is 3.50. The maximum atomic E-state index is 9.95. The van der Waals surface area contributed by atoms with Crippen LogP contribution >= 0.6 is 0 Å². The summed E-state index contributed by atoms with van der Waals surface area (Å²) in [7, 11) is 0. The van der Waals surface area contributed by atoms with Gasteiger partial charge in [-0.2, -0.15) is 0 Å². The zero-order chi connectivity index (χ0) is 11.4. The number of rotatable bonds is 9. The van der Waals surface area contributed by atoms with Crippen molar-refractivity contribution in [1.29, 1.82) is 0 Å². The summed E-state index contributed by atoms with van der Waals surface area (Å²) < 4.78 is 0. The third-order valence-corrected chi connectivity index (χ3v) is 3.50. The summed E-state index contributed by atoms with van der Waals surface area (Å²) in [6, 6.07) is 0.793. The quantitative estimate of drug-likeness (QED) is 0.580. The van der Waals surface area contributed by atoms with Crippen LogP contribution in [0.3, 0.4) is 0 Å². The summed E-state index contributed by atoms with van der Waals surface area (Å²) in [5.41, 5.74) is 0. The van der Waals surface area contributed by atoms with Gasteiger partial charge in [0.2, 0.25) is 0 Å². The second-order valence-corrected chi connectivity index (χ2v) is 5.49. The van der Waals surface area contributed by atoms with Gasteiger partial charge in [0.15, 0.2) is 0 Å². The lowest BCUT2D eigenvalue weighted by Gasteiger charge is -2.25. The van der Waals surface area contributed by atoms with E-state index in [4.69, 9.17) is 0 Å². The largest absolute Gasteiger partial charge is 0.390 e. The van der Waals surface area contributed by atoms with Crippen molar-refractivity contribution in [3.8, 4) is 0 Å². The molecular weight excluding hydrogens is 200 g/mol. The van der Waals surface area contributed by atoms with Gasteiger partial charge in [-0.25, -0.2) is 0 Å². The highest BCUT2D eigenvalue weighted by atomic mass is 16.3. The standard InChI is InChI=1S/C13H26N2O/c1-2-7-14-8-13(16)10-15(12-5-6-12)9-11-3-4-11/h11-14,16H,2-10H2,1H3. The molecule has 0 aliphatic heterocycles. The number of aliphatic hydroxyl groups is 1. The normalized spacial score (nSPS) is 22.7. The Morgan fingerprint density at radius 1 is 1.31 bits per heavy atom. The van der Waals surface area contributed by atoms with Gasteiger partial charge in [0.1, 0.15) is 0 Å². The first kappa shape index (κ1) is 12.3. The van der Waals surface area contributed by atoms with E-state index in [2.05, 4.69) is 17.1 Å². The fraction of sp³-hybridized carbons (Fsp3) is 1.00. The van der Waals surface area contributed by atoms with Crippen LogP contribution in [0.1, 0.15) is 39.0 Å². The molecule has 0 aromatic carbocycles. The van der Waals surface area contributed by atoms with Crippen LogP contribution in [0.15, 0.2) is 0 Å². The van der Waals surface area contributed by atoms with E-state index in [1.54, 1.807) is 0 Å². The highest BCUT2D eigenvalue weighted by Gasteiger charge is 2.34. The molecule has 0 radical (unpaired) electrons. The first-order chi connectivity index (χ1) is 7.79. The molecule has 3 nitrogen and oxygen atoms in total. The minimum atomic E-state index is -0.189. The summed E-state index contributed by atoms with van der Waals surface area (Å²) in [4.78, 5) is 2.52. The van der Waals surface area contributed by atoms with Crippen LogP contribution in [0, 0.1) is 5.92 Å². The van der Waals surface area contributed by atoms with E-state index in [0.717, 1.165) is 38.0 Å². The maximum Gasteiger partial charge on any atom is 0.0791 e. The molecule has 0 amide bonds. The molecule has 0 aromatic heterocycles. The highest BCUT2D eigenvalue weighted by Crippen LogP contribution is 2.34. The number of nitrogens with one attached hydrogen (secondary N) is 1. The molecule has 2 saturated carbocycles. The van der Waals surface area contributed by atoms with E-state index in [1.165, 1.54) is 32.2 Å². The van der Waals surface area contributed by atoms with Crippen molar-refractivity contribution < 1.29 is 5.11 Å². The lowest BCUT2D eigenvalue weighted by atomic mass is 10.2. The molecule has 2 aliphatic rings. The van der Waals surface area contributed by atoms with Gasteiger partial charge in [0.05, 0.1) is 6.10 Å². The number of aliphatic hydroxyl groups excluding tert-OH is 1. The van der Waals surface area contributed by atoms with E-state index in [9.17, 15) is 5.11 Å². The maximum absolute atomic E-state index is 9.95.